The highest BCUT2D eigenvalue weighted by molar-refractivity contribution is 5.94. The van der Waals surface area contributed by atoms with Crippen LogP contribution in [0, 0.1) is 21.4 Å². The number of aromatic nitrogens is 2. The number of ether oxygens (including phenoxy) is 3. The molecule has 0 bridgehead atoms. The van der Waals surface area contributed by atoms with Crippen LogP contribution in [0.5, 0.6) is 34.9 Å². The SMILES string of the molecule is CN(C)C(=O)c1cccc(Oc2nc(N)c([N+](=O)[O-])c(Oc3cc(C#N)cc(Oc4ccccc4)c3)n2)c1. The summed E-state index contributed by atoms with van der Waals surface area (Å²) in [6.45, 7) is 0. The first-order valence-electron chi connectivity index (χ1n) is 11.0. The van der Waals surface area contributed by atoms with Crippen LogP contribution in [-0.4, -0.2) is 39.8 Å². The highest BCUT2D eigenvalue weighted by Crippen LogP contribution is 2.37. The van der Waals surface area contributed by atoms with E-state index in [1.165, 1.54) is 29.2 Å². The number of rotatable bonds is 8. The number of nitrogens with zero attached hydrogens (tertiary/aromatic N) is 5. The number of amides is 1. The number of nitrogens with two attached hydrogens (primary N) is 1. The molecule has 2 N–H and O–H groups in total. The second kappa shape index (κ2) is 10.9. The first-order valence-corrected chi connectivity index (χ1v) is 11.0. The minimum atomic E-state index is -0.791. The second-order valence-electron chi connectivity index (χ2n) is 7.95. The van der Waals surface area contributed by atoms with Gasteiger partial charge in [-0.25, -0.2) is 0 Å². The number of hydrogen-bond acceptors (Lipinski definition) is 10. The summed E-state index contributed by atoms with van der Waals surface area (Å²) in [5.74, 6) is -0.283. The minimum absolute atomic E-state index is 0.0284. The van der Waals surface area contributed by atoms with Gasteiger partial charge in [-0.2, -0.15) is 15.2 Å². The molecule has 1 heterocycles. The molecule has 190 valence electrons. The topological polar surface area (TPSA) is 167 Å². The van der Waals surface area contributed by atoms with Gasteiger partial charge in [0.1, 0.15) is 23.0 Å². The summed E-state index contributed by atoms with van der Waals surface area (Å²) in [7, 11) is 3.22. The van der Waals surface area contributed by atoms with E-state index in [0.717, 1.165) is 0 Å². The van der Waals surface area contributed by atoms with E-state index in [9.17, 15) is 20.2 Å². The molecule has 12 heteroatoms. The zero-order chi connectivity index (χ0) is 27.2. The Balaban J connectivity index is 1.68. The highest BCUT2D eigenvalue weighted by Gasteiger charge is 2.26. The Kier molecular flexibility index (Phi) is 7.30. The number of para-hydroxylation sites is 1. The highest BCUT2D eigenvalue weighted by atomic mass is 16.6. The Morgan fingerprint density at radius 2 is 1.61 bits per heavy atom. The molecule has 0 radical (unpaired) electrons. The fraction of sp³-hybridized carbons (Fsp3) is 0.0769. The lowest BCUT2D eigenvalue weighted by Crippen LogP contribution is -2.21. The molecule has 0 saturated carbocycles. The molecule has 4 rings (SSSR count). The van der Waals surface area contributed by atoms with Gasteiger partial charge in [0.15, 0.2) is 0 Å². The summed E-state index contributed by atoms with van der Waals surface area (Å²) in [4.78, 5) is 32.5. The Labute approximate surface area is 216 Å². The van der Waals surface area contributed by atoms with Gasteiger partial charge in [0.2, 0.25) is 5.82 Å². The molecule has 12 nitrogen and oxygen atoms in total. The first kappa shape index (κ1) is 25.4. The van der Waals surface area contributed by atoms with Crippen LogP contribution in [0.3, 0.4) is 0 Å². The zero-order valence-electron chi connectivity index (χ0n) is 20.2. The van der Waals surface area contributed by atoms with Gasteiger partial charge in [0.05, 0.1) is 16.6 Å². The van der Waals surface area contributed by atoms with E-state index in [0.29, 0.717) is 11.3 Å². The van der Waals surface area contributed by atoms with Crippen LogP contribution >= 0.6 is 0 Å². The molecule has 0 saturated heterocycles. The van der Waals surface area contributed by atoms with Gasteiger partial charge in [0, 0.05) is 25.7 Å². The number of nitrogen functional groups attached to an aromatic ring is 1. The molecule has 4 aromatic rings. The third-order valence-electron chi connectivity index (χ3n) is 4.94. The molecular weight excluding hydrogens is 492 g/mol. The van der Waals surface area contributed by atoms with E-state index >= 15 is 0 Å². The molecule has 1 amide bonds. The third-order valence-corrected chi connectivity index (χ3v) is 4.94. The maximum atomic E-state index is 12.3. The number of carbonyl (C=O) groups is 1. The Bertz CT molecular complexity index is 1550. The molecule has 3 aromatic carbocycles. The van der Waals surface area contributed by atoms with Gasteiger partial charge >= 0.3 is 17.6 Å². The first-order chi connectivity index (χ1) is 18.2. The van der Waals surface area contributed by atoms with Crippen LogP contribution < -0.4 is 19.9 Å². The van der Waals surface area contributed by atoms with E-state index in [2.05, 4.69) is 9.97 Å². The fourth-order valence-corrected chi connectivity index (χ4v) is 3.27. The van der Waals surface area contributed by atoms with Gasteiger partial charge < -0.3 is 24.8 Å². The molecular formula is C26H20N6O6. The van der Waals surface area contributed by atoms with Crippen LogP contribution in [-0.2, 0) is 0 Å². The van der Waals surface area contributed by atoms with Gasteiger partial charge in [-0.1, -0.05) is 24.3 Å². The van der Waals surface area contributed by atoms with E-state index in [1.807, 2.05) is 12.1 Å². The van der Waals surface area contributed by atoms with Crippen LogP contribution in [0.15, 0.2) is 72.8 Å². The second-order valence-corrected chi connectivity index (χ2v) is 7.95. The van der Waals surface area contributed by atoms with E-state index in [1.54, 1.807) is 56.6 Å². The summed E-state index contributed by atoms with van der Waals surface area (Å²) in [5.41, 5.74) is 5.68. The van der Waals surface area contributed by atoms with Crippen LogP contribution in [0.2, 0.25) is 0 Å². The summed E-state index contributed by atoms with van der Waals surface area (Å²) >= 11 is 0. The van der Waals surface area contributed by atoms with Crippen molar-refractivity contribution in [2.45, 2.75) is 0 Å². The quantitative estimate of drug-likeness (QED) is 0.253. The Morgan fingerprint density at radius 1 is 0.921 bits per heavy atom. The fourth-order valence-electron chi connectivity index (χ4n) is 3.27. The summed E-state index contributed by atoms with van der Waals surface area (Å²) in [5, 5.41) is 21.2. The van der Waals surface area contributed by atoms with Gasteiger partial charge in [-0.3, -0.25) is 14.9 Å². The van der Waals surface area contributed by atoms with E-state index in [-0.39, 0.29) is 34.7 Å². The van der Waals surface area contributed by atoms with Crippen LogP contribution in [0.25, 0.3) is 0 Å². The number of anilines is 1. The average Bonchev–Trinajstić information content (AvgIpc) is 2.88. The molecule has 0 unspecified atom stereocenters. The average molecular weight is 512 g/mol. The molecule has 0 aliphatic heterocycles. The lowest BCUT2D eigenvalue weighted by molar-refractivity contribution is -0.385. The molecule has 0 fully saturated rings. The van der Waals surface area contributed by atoms with E-state index < -0.39 is 22.3 Å². The zero-order valence-corrected chi connectivity index (χ0v) is 20.2. The molecule has 1 aromatic heterocycles. The van der Waals surface area contributed by atoms with Crippen LogP contribution in [0.1, 0.15) is 15.9 Å². The standard InChI is InChI=1S/C26H20N6O6/c1-31(2)25(33)17-7-6-10-19(13-17)38-26-29-23(28)22(32(34)35)24(30-26)37-21-12-16(15-27)11-20(14-21)36-18-8-4-3-5-9-18/h3-14H,1-2H3,(H2,28,29,30). The third kappa shape index (κ3) is 5.92. The summed E-state index contributed by atoms with van der Waals surface area (Å²) in [6, 6.07) is 21.0. The molecule has 0 aliphatic carbocycles. The largest absolute Gasteiger partial charge is 0.457 e. The molecule has 38 heavy (non-hydrogen) atoms. The predicted molar refractivity (Wildman–Crippen MR) is 135 cm³/mol. The van der Waals surface area contributed by atoms with Crippen molar-refractivity contribution in [3.8, 4) is 41.0 Å². The van der Waals surface area contributed by atoms with Crippen molar-refractivity contribution in [2.24, 2.45) is 0 Å². The summed E-state index contributed by atoms with van der Waals surface area (Å²) in [6.07, 6.45) is 0. The Hall–Kier alpha value is -5.70. The van der Waals surface area contributed by atoms with Crippen molar-refractivity contribution in [1.82, 2.24) is 14.9 Å². The van der Waals surface area contributed by atoms with Crippen molar-refractivity contribution in [1.29, 1.82) is 5.26 Å². The number of nitriles is 1. The predicted octanol–water partition coefficient (Wildman–Crippen LogP) is 4.92. The van der Waals surface area contributed by atoms with Gasteiger partial charge in [-0.05, 0) is 42.5 Å². The number of benzene rings is 3. The minimum Gasteiger partial charge on any atom is -0.457 e. The van der Waals surface area contributed by atoms with Gasteiger partial charge in [0.25, 0.3) is 5.91 Å². The monoisotopic (exact) mass is 512 g/mol. The van der Waals surface area contributed by atoms with Crippen LogP contribution in [0.4, 0.5) is 11.5 Å². The maximum Gasteiger partial charge on any atom is 0.373 e. The van der Waals surface area contributed by atoms with Crippen molar-refractivity contribution < 1.29 is 23.9 Å². The Morgan fingerprint density at radius 3 is 2.26 bits per heavy atom. The number of carbonyl (C=O) groups excluding carboxylic acids is 1. The number of hydrogen-bond donors (Lipinski definition) is 1. The van der Waals surface area contributed by atoms with Crippen molar-refractivity contribution in [3.05, 3.63) is 94.0 Å². The van der Waals surface area contributed by atoms with Crippen molar-refractivity contribution in [2.75, 3.05) is 19.8 Å². The lowest BCUT2D eigenvalue weighted by Gasteiger charge is -2.12. The van der Waals surface area contributed by atoms with Gasteiger partial charge in [-0.15, -0.1) is 0 Å². The summed E-state index contributed by atoms with van der Waals surface area (Å²) < 4.78 is 17.1. The molecule has 0 atom stereocenters. The van der Waals surface area contributed by atoms with Crippen molar-refractivity contribution in [3.63, 3.8) is 0 Å². The lowest BCUT2D eigenvalue weighted by atomic mass is 10.2. The molecule has 0 spiro atoms. The maximum absolute atomic E-state index is 12.3. The number of nitro groups is 1. The normalized spacial score (nSPS) is 10.2. The van der Waals surface area contributed by atoms with E-state index in [4.69, 9.17) is 19.9 Å². The van der Waals surface area contributed by atoms with Crippen molar-refractivity contribution >= 4 is 17.4 Å². The molecule has 0 aliphatic rings. The smallest absolute Gasteiger partial charge is 0.373 e.